The fraction of sp³-hybridized carbons (Fsp3) is 0.444. The van der Waals surface area contributed by atoms with Crippen molar-refractivity contribution in [3.05, 3.63) is 48.5 Å². The highest BCUT2D eigenvalue weighted by atomic mass is 16.5. The lowest BCUT2D eigenvalue weighted by Gasteiger charge is -2.47. The number of ether oxygens (including phenoxy) is 1. The Morgan fingerprint density at radius 3 is 2.64 bits per heavy atom. The zero-order valence-corrected chi connectivity index (χ0v) is 14.0. The summed E-state index contributed by atoms with van der Waals surface area (Å²) in [6, 6.07) is 5.72. The summed E-state index contributed by atoms with van der Waals surface area (Å²) in [5.74, 6) is 0.805. The van der Waals surface area contributed by atoms with E-state index in [0.717, 1.165) is 37.4 Å². The molecule has 130 valence electrons. The zero-order chi connectivity index (χ0) is 17.1. The maximum Gasteiger partial charge on any atom is 0.248 e. The van der Waals surface area contributed by atoms with Crippen molar-refractivity contribution in [2.45, 2.75) is 25.0 Å². The van der Waals surface area contributed by atoms with E-state index < -0.39 is 0 Å². The van der Waals surface area contributed by atoms with Gasteiger partial charge in [0.25, 0.3) is 0 Å². The fourth-order valence-electron chi connectivity index (χ4n) is 3.52. The monoisotopic (exact) mass is 339 g/mol. The van der Waals surface area contributed by atoms with Crippen LogP contribution in [0.3, 0.4) is 0 Å². The number of piperidine rings is 1. The molecule has 0 aromatic carbocycles. The third kappa shape index (κ3) is 3.46. The molecule has 0 unspecified atom stereocenters. The van der Waals surface area contributed by atoms with E-state index in [2.05, 4.69) is 19.9 Å². The van der Waals surface area contributed by atoms with Gasteiger partial charge in [0.2, 0.25) is 11.9 Å². The highest BCUT2D eigenvalue weighted by Crippen LogP contribution is 2.32. The molecule has 1 amide bonds. The third-order valence-electron chi connectivity index (χ3n) is 4.94. The minimum Gasteiger partial charge on any atom is -0.363 e. The summed E-state index contributed by atoms with van der Waals surface area (Å²) in [6.45, 7) is 3.04. The first-order chi connectivity index (χ1) is 12.2. The van der Waals surface area contributed by atoms with Crippen molar-refractivity contribution in [2.24, 2.45) is 0 Å². The molecule has 25 heavy (non-hydrogen) atoms. The van der Waals surface area contributed by atoms with Crippen LogP contribution in [0.2, 0.25) is 0 Å². The van der Waals surface area contributed by atoms with E-state index in [4.69, 9.17) is 4.74 Å². The summed E-state index contributed by atoms with van der Waals surface area (Å²) in [5.41, 5.74) is 0.782. The van der Waals surface area contributed by atoms with Crippen molar-refractivity contribution < 1.29 is 9.53 Å². The molecule has 4 heterocycles. The Hall–Kier alpha value is -2.54. The van der Waals surface area contributed by atoms with Crippen molar-refractivity contribution in [3.63, 3.8) is 0 Å². The number of morpholine rings is 1. The molecule has 2 fully saturated rings. The van der Waals surface area contributed by atoms with Gasteiger partial charge in [-0.3, -0.25) is 9.78 Å². The van der Waals surface area contributed by atoms with Crippen LogP contribution in [0.25, 0.3) is 0 Å². The maximum atomic E-state index is 12.3. The molecule has 0 radical (unpaired) electrons. The molecule has 7 nitrogen and oxygen atoms in total. The van der Waals surface area contributed by atoms with Gasteiger partial charge in [0, 0.05) is 44.4 Å². The molecule has 0 atom stereocenters. The normalized spacial score (nSPS) is 20.1. The molecule has 0 bridgehead atoms. The first-order valence-corrected chi connectivity index (χ1v) is 8.57. The minimum absolute atomic E-state index is 0.0447. The highest BCUT2D eigenvalue weighted by Gasteiger charge is 2.42. The van der Waals surface area contributed by atoms with Gasteiger partial charge in [-0.15, -0.1) is 0 Å². The van der Waals surface area contributed by atoms with E-state index in [1.807, 2.05) is 29.3 Å². The van der Waals surface area contributed by atoms with Gasteiger partial charge in [-0.25, -0.2) is 9.97 Å². The minimum atomic E-state index is -0.263. The van der Waals surface area contributed by atoms with Gasteiger partial charge >= 0.3 is 0 Å². The summed E-state index contributed by atoms with van der Waals surface area (Å²) >= 11 is 0. The number of anilines is 1. The van der Waals surface area contributed by atoms with Gasteiger partial charge in [-0.2, -0.15) is 0 Å². The van der Waals surface area contributed by atoms with Gasteiger partial charge in [-0.05, 0) is 30.5 Å². The molecular formula is C18H21N5O2. The predicted molar refractivity (Wildman–Crippen MR) is 91.8 cm³/mol. The third-order valence-corrected chi connectivity index (χ3v) is 4.94. The SMILES string of the molecule is O=C1COC2(CCN(c3ncccn3)CC2)CN1Cc1cccnc1. The van der Waals surface area contributed by atoms with Crippen LogP contribution in [0.5, 0.6) is 0 Å². The van der Waals surface area contributed by atoms with Gasteiger partial charge in [0.1, 0.15) is 6.61 Å². The largest absolute Gasteiger partial charge is 0.363 e. The number of aromatic nitrogens is 3. The Kier molecular flexibility index (Phi) is 4.31. The van der Waals surface area contributed by atoms with Gasteiger partial charge in [-0.1, -0.05) is 6.07 Å². The number of hydrogen-bond donors (Lipinski definition) is 0. The molecule has 0 aliphatic carbocycles. The van der Waals surface area contributed by atoms with Crippen LogP contribution in [0.1, 0.15) is 18.4 Å². The summed E-state index contributed by atoms with van der Waals surface area (Å²) in [5, 5.41) is 0. The number of carbonyl (C=O) groups excluding carboxylic acids is 1. The lowest BCUT2D eigenvalue weighted by molar-refractivity contribution is -0.168. The van der Waals surface area contributed by atoms with Crippen LogP contribution in [-0.2, 0) is 16.1 Å². The standard InChI is InChI=1S/C18H21N5O2/c24-16-13-25-18(14-23(16)12-15-3-1-6-19-11-15)4-9-22(10-5-18)17-20-7-2-8-21-17/h1-3,6-8,11H,4-5,9-10,12-14H2. The maximum absolute atomic E-state index is 12.3. The Morgan fingerprint density at radius 1 is 1.12 bits per heavy atom. The summed E-state index contributed by atoms with van der Waals surface area (Å²) in [7, 11) is 0. The topological polar surface area (TPSA) is 71.5 Å². The lowest BCUT2D eigenvalue weighted by Crippen LogP contribution is -2.58. The fourth-order valence-corrected chi connectivity index (χ4v) is 3.52. The van der Waals surface area contributed by atoms with Crippen LogP contribution in [0.4, 0.5) is 5.95 Å². The van der Waals surface area contributed by atoms with E-state index in [-0.39, 0.29) is 18.1 Å². The molecule has 7 heteroatoms. The first kappa shape index (κ1) is 16.0. The quantitative estimate of drug-likeness (QED) is 0.839. The second-order valence-electron chi connectivity index (χ2n) is 6.62. The summed E-state index contributed by atoms with van der Waals surface area (Å²) < 4.78 is 6.00. The highest BCUT2D eigenvalue weighted by molar-refractivity contribution is 5.78. The first-order valence-electron chi connectivity index (χ1n) is 8.57. The number of rotatable bonds is 3. The molecule has 2 aromatic rings. The Bertz CT molecular complexity index is 717. The molecule has 2 aromatic heterocycles. The molecule has 0 saturated carbocycles. The molecular weight excluding hydrogens is 318 g/mol. The summed E-state index contributed by atoms with van der Waals surface area (Å²) in [6.07, 6.45) is 8.80. The summed E-state index contributed by atoms with van der Waals surface area (Å²) in [4.78, 5) is 29.1. The molecule has 4 rings (SSSR count). The van der Waals surface area contributed by atoms with Crippen molar-refractivity contribution in [2.75, 3.05) is 31.1 Å². The number of carbonyl (C=O) groups is 1. The average molecular weight is 339 g/mol. The van der Waals surface area contributed by atoms with E-state index in [9.17, 15) is 4.79 Å². The van der Waals surface area contributed by atoms with Crippen molar-refractivity contribution in [1.82, 2.24) is 19.9 Å². The van der Waals surface area contributed by atoms with Crippen LogP contribution < -0.4 is 4.90 Å². The van der Waals surface area contributed by atoms with Gasteiger partial charge < -0.3 is 14.5 Å². The Morgan fingerprint density at radius 2 is 1.92 bits per heavy atom. The molecule has 0 N–H and O–H groups in total. The number of amides is 1. The lowest BCUT2D eigenvalue weighted by atomic mass is 9.89. The predicted octanol–water partition coefficient (Wildman–Crippen LogP) is 1.27. The number of nitrogens with zero attached hydrogens (tertiary/aromatic N) is 5. The second kappa shape index (κ2) is 6.76. The Labute approximate surface area is 146 Å². The molecule has 2 aliphatic heterocycles. The average Bonchev–Trinajstić information content (AvgIpc) is 2.67. The van der Waals surface area contributed by atoms with Gasteiger partial charge in [0.15, 0.2) is 0 Å². The van der Waals surface area contributed by atoms with Crippen LogP contribution >= 0.6 is 0 Å². The van der Waals surface area contributed by atoms with Crippen LogP contribution in [-0.4, -0.2) is 57.6 Å². The smallest absolute Gasteiger partial charge is 0.248 e. The van der Waals surface area contributed by atoms with Crippen molar-refractivity contribution in [1.29, 1.82) is 0 Å². The number of pyridine rings is 1. The van der Waals surface area contributed by atoms with E-state index in [0.29, 0.717) is 13.1 Å². The van der Waals surface area contributed by atoms with Crippen LogP contribution in [0.15, 0.2) is 43.0 Å². The number of hydrogen-bond acceptors (Lipinski definition) is 6. The van der Waals surface area contributed by atoms with Gasteiger partial charge in [0.05, 0.1) is 12.1 Å². The van der Waals surface area contributed by atoms with E-state index >= 15 is 0 Å². The van der Waals surface area contributed by atoms with Crippen LogP contribution in [0, 0.1) is 0 Å². The van der Waals surface area contributed by atoms with Crippen molar-refractivity contribution in [3.8, 4) is 0 Å². The van der Waals surface area contributed by atoms with E-state index in [1.165, 1.54) is 0 Å². The molecule has 2 saturated heterocycles. The van der Waals surface area contributed by atoms with E-state index in [1.54, 1.807) is 18.6 Å². The zero-order valence-electron chi connectivity index (χ0n) is 14.0. The van der Waals surface area contributed by atoms with Crippen molar-refractivity contribution >= 4 is 11.9 Å². The second-order valence-corrected chi connectivity index (χ2v) is 6.62. The Balaban J connectivity index is 1.42. The molecule has 2 aliphatic rings. The molecule has 1 spiro atoms.